The Bertz CT molecular complexity index is 508. The first-order valence-corrected chi connectivity index (χ1v) is 5.75. The van der Waals surface area contributed by atoms with Gasteiger partial charge in [-0.2, -0.15) is 0 Å². The van der Waals surface area contributed by atoms with Crippen molar-refractivity contribution < 1.29 is 0 Å². The van der Waals surface area contributed by atoms with Crippen LogP contribution in [0.15, 0.2) is 78.4 Å². The predicted molar refractivity (Wildman–Crippen MR) is 77.4 cm³/mol. The molecule has 2 N–H and O–H groups in total. The first-order chi connectivity index (χ1) is 8.97. The quantitative estimate of drug-likeness (QED) is 0.727. The Labute approximate surface area is 107 Å². The van der Waals surface area contributed by atoms with Gasteiger partial charge >= 0.3 is 0 Å². The molecule has 0 aliphatic carbocycles. The molecule has 1 aromatic carbocycles. The molecule has 1 aromatic rings. The van der Waals surface area contributed by atoms with E-state index in [1.54, 1.807) is 6.20 Å². The Morgan fingerprint density at radius 2 is 1.61 bits per heavy atom. The Morgan fingerprint density at radius 1 is 0.833 bits per heavy atom. The van der Waals surface area contributed by atoms with Gasteiger partial charge in [0.1, 0.15) is 0 Å². The Hall–Kier alpha value is -2.55. The second-order valence-corrected chi connectivity index (χ2v) is 3.60. The van der Waals surface area contributed by atoms with Crippen LogP contribution in [0.1, 0.15) is 5.56 Å². The van der Waals surface area contributed by atoms with Crippen molar-refractivity contribution in [1.82, 2.24) is 5.32 Å². The molecule has 0 fully saturated rings. The SMILES string of the molecule is C1=CC=CNC=C1.C1=CNc2ccccc2C=N1. The third-order valence-electron chi connectivity index (χ3n) is 2.29. The molecule has 0 saturated carbocycles. The Morgan fingerprint density at radius 3 is 2.44 bits per heavy atom. The maximum atomic E-state index is 4.04. The number of benzene rings is 1. The molecule has 0 radical (unpaired) electrons. The number of allylic oxidation sites excluding steroid dienone is 4. The van der Waals surface area contributed by atoms with Crippen LogP contribution in [0.3, 0.4) is 0 Å². The third kappa shape index (κ3) is 3.79. The van der Waals surface area contributed by atoms with Crippen molar-refractivity contribution in [2.45, 2.75) is 0 Å². The smallest absolute Gasteiger partial charge is 0.0469 e. The lowest BCUT2D eigenvalue weighted by atomic mass is 10.2. The van der Waals surface area contributed by atoms with Gasteiger partial charge in [-0.25, -0.2) is 0 Å². The van der Waals surface area contributed by atoms with E-state index in [1.807, 2.05) is 73.4 Å². The normalized spacial score (nSPS) is 14.4. The van der Waals surface area contributed by atoms with Gasteiger partial charge in [-0.1, -0.05) is 30.4 Å². The molecule has 0 saturated heterocycles. The number of hydrogen-bond acceptors (Lipinski definition) is 3. The number of aliphatic imine (C=N–C) groups is 1. The van der Waals surface area contributed by atoms with E-state index in [2.05, 4.69) is 15.6 Å². The highest BCUT2D eigenvalue weighted by atomic mass is 14.9. The molecular formula is C15H15N3. The van der Waals surface area contributed by atoms with Gasteiger partial charge in [0, 0.05) is 42.3 Å². The molecule has 2 heterocycles. The zero-order valence-corrected chi connectivity index (χ0v) is 9.95. The molecule has 2 aliphatic heterocycles. The van der Waals surface area contributed by atoms with Gasteiger partial charge in [-0.3, -0.25) is 4.99 Å². The van der Waals surface area contributed by atoms with Crippen LogP contribution in [0, 0.1) is 0 Å². The molecule has 3 nitrogen and oxygen atoms in total. The molecule has 90 valence electrons. The van der Waals surface area contributed by atoms with E-state index in [4.69, 9.17) is 0 Å². The molecular weight excluding hydrogens is 222 g/mol. The number of anilines is 1. The van der Waals surface area contributed by atoms with Crippen molar-refractivity contribution in [2.75, 3.05) is 5.32 Å². The van der Waals surface area contributed by atoms with Crippen molar-refractivity contribution >= 4 is 11.9 Å². The summed E-state index contributed by atoms with van der Waals surface area (Å²) in [7, 11) is 0. The number of para-hydroxylation sites is 1. The standard InChI is InChI=1S/C9H8N2.C6H7N/c1-2-4-9-8(3-1)7-10-5-6-11-9;1-2-4-6-7-5-3-1/h1-7,11H;1-7H. The fourth-order valence-electron chi connectivity index (χ4n) is 1.44. The molecule has 3 rings (SSSR count). The van der Waals surface area contributed by atoms with Gasteiger partial charge in [-0.15, -0.1) is 0 Å². The molecule has 0 atom stereocenters. The fraction of sp³-hybridized carbons (Fsp3) is 0. The monoisotopic (exact) mass is 237 g/mol. The molecule has 18 heavy (non-hydrogen) atoms. The van der Waals surface area contributed by atoms with Crippen LogP contribution in [0.5, 0.6) is 0 Å². The summed E-state index contributed by atoms with van der Waals surface area (Å²) in [5, 5.41) is 6.04. The van der Waals surface area contributed by atoms with E-state index >= 15 is 0 Å². The second-order valence-electron chi connectivity index (χ2n) is 3.60. The average Bonchev–Trinajstić information content (AvgIpc) is 2.84. The Kier molecular flexibility index (Phi) is 4.58. The number of hydrogen-bond donors (Lipinski definition) is 2. The van der Waals surface area contributed by atoms with Gasteiger partial charge in [0.05, 0.1) is 0 Å². The van der Waals surface area contributed by atoms with Gasteiger partial charge in [-0.05, 0) is 18.2 Å². The summed E-state index contributed by atoms with van der Waals surface area (Å²) in [6, 6.07) is 8.05. The summed E-state index contributed by atoms with van der Waals surface area (Å²) in [6.07, 6.45) is 17.0. The summed E-state index contributed by atoms with van der Waals surface area (Å²) in [6.45, 7) is 0. The molecule has 0 spiro atoms. The highest BCUT2D eigenvalue weighted by molar-refractivity contribution is 5.88. The minimum Gasteiger partial charge on any atom is -0.368 e. The van der Waals surface area contributed by atoms with Gasteiger partial charge in [0.25, 0.3) is 0 Å². The maximum absolute atomic E-state index is 4.04. The van der Waals surface area contributed by atoms with Crippen LogP contribution in [-0.2, 0) is 0 Å². The average molecular weight is 237 g/mol. The van der Waals surface area contributed by atoms with Crippen molar-refractivity contribution in [3.63, 3.8) is 0 Å². The third-order valence-corrected chi connectivity index (χ3v) is 2.29. The van der Waals surface area contributed by atoms with Crippen LogP contribution < -0.4 is 10.6 Å². The molecule has 0 bridgehead atoms. The lowest BCUT2D eigenvalue weighted by Gasteiger charge is -2.01. The summed E-state index contributed by atoms with van der Waals surface area (Å²) in [5.74, 6) is 0. The minimum atomic E-state index is 1.10. The van der Waals surface area contributed by atoms with Crippen molar-refractivity contribution in [3.05, 3.63) is 78.9 Å². The summed E-state index contributed by atoms with van der Waals surface area (Å²) >= 11 is 0. The highest BCUT2D eigenvalue weighted by Crippen LogP contribution is 2.13. The Balaban J connectivity index is 0.000000149. The lowest BCUT2D eigenvalue weighted by Crippen LogP contribution is -1.89. The van der Waals surface area contributed by atoms with E-state index in [0.29, 0.717) is 0 Å². The summed E-state index contributed by atoms with van der Waals surface area (Å²) in [4.78, 5) is 4.04. The van der Waals surface area contributed by atoms with E-state index in [-0.39, 0.29) is 0 Å². The molecule has 3 heteroatoms. The van der Waals surface area contributed by atoms with Gasteiger partial charge in [0.15, 0.2) is 0 Å². The molecule has 0 aromatic heterocycles. The summed E-state index contributed by atoms with van der Waals surface area (Å²) < 4.78 is 0. The minimum absolute atomic E-state index is 1.10. The topological polar surface area (TPSA) is 36.4 Å². The van der Waals surface area contributed by atoms with E-state index in [0.717, 1.165) is 11.3 Å². The predicted octanol–water partition coefficient (Wildman–Crippen LogP) is 3.18. The van der Waals surface area contributed by atoms with Crippen LogP contribution in [-0.4, -0.2) is 6.21 Å². The fourth-order valence-corrected chi connectivity index (χ4v) is 1.44. The molecule has 0 unspecified atom stereocenters. The van der Waals surface area contributed by atoms with Gasteiger partial charge < -0.3 is 10.6 Å². The number of fused-ring (bicyclic) bond motifs is 1. The van der Waals surface area contributed by atoms with Crippen LogP contribution in [0.4, 0.5) is 5.69 Å². The van der Waals surface area contributed by atoms with E-state index in [1.165, 1.54) is 0 Å². The van der Waals surface area contributed by atoms with Crippen LogP contribution in [0.25, 0.3) is 0 Å². The van der Waals surface area contributed by atoms with Gasteiger partial charge in [0.2, 0.25) is 0 Å². The zero-order valence-electron chi connectivity index (χ0n) is 9.95. The first-order valence-electron chi connectivity index (χ1n) is 5.75. The van der Waals surface area contributed by atoms with E-state index < -0.39 is 0 Å². The number of nitrogens with zero attached hydrogens (tertiary/aromatic N) is 1. The van der Waals surface area contributed by atoms with Crippen LogP contribution in [0.2, 0.25) is 0 Å². The van der Waals surface area contributed by atoms with Crippen molar-refractivity contribution in [2.24, 2.45) is 4.99 Å². The molecule has 0 amide bonds. The lowest BCUT2D eigenvalue weighted by molar-refractivity contribution is 1.20. The highest BCUT2D eigenvalue weighted by Gasteiger charge is 1.96. The first kappa shape index (κ1) is 11.9. The second kappa shape index (κ2) is 6.91. The number of nitrogens with one attached hydrogen (secondary N) is 2. The largest absolute Gasteiger partial charge is 0.368 e. The zero-order chi connectivity index (χ0) is 12.5. The van der Waals surface area contributed by atoms with Crippen molar-refractivity contribution in [1.29, 1.82) is 0 Å². The van der Waals surface area contributed by atoms with Crippen LogP contribution >= 0.6 is 0 Å². The van der Waals surface area contributed by atoms with E-state index in [9.17, 15) is 0 Å². The maximum Gasteiger partial charge on any atom is 0.0469 e. The van der Waals surface area contributed by atoms with Crippen molar-refractivity contribution in [3.8, 4) is 0 Å². The summed E-state index contributed by atoms with van der Waals surface area (Å²) in [5.41, 5.74) is 2.22. The molecule has 2 aliphatic rings. The number of rotatable bonds is 0.